The van der Waals surface area contributed by atoms with Gasteiger partial charge in [-0.2, -0.15) is 0 Å². The zero-order valence-corrected chi connectivity index (χ0v) is 11.0. The molecule has 0 aliphatic heterocycles. The molecule has 0 saturated carbocycles. The number of hydrogen-bond donors (Lipinski definition) is 1. The lowest BCUT2D eigenvalue weighted by atomic mass is 10.1. The summed E-state index contributed by atoms with van der Waals surface area (Å²) in [5, 5.41) is 14.2. The number of nitrogens with zero attached hydrogens (tertiary/aromatic N) is 1. The van der Waals surface area contributed by atoms with Gasteiger partial charge in [0, 0.05) is 18.7 Å². The average molecular weight is 254 g/mol. The standard InChI is InChI=1S/C12H18N2O4/c1-8(2)13-7-9-5-10(14(15)16)12(18-4)11(6-9)17-3/h5-6,8,13H,7H2,1-4H3. The van der Waals surface area contributed by atoms with E-state index in [4.69, 9.17) is 9.47 Å². The SMILES string of the molecule is COc1cc(CNC(C)C)cc([N+](=O)[O-])c1OC. The molecule has 0 spiro atoms. The lowest BCUT2D eigenvalue weighted by Crippen LogP contribution is -2.21. The van der Waals surface area contributed by atoms with E-state index < -0.39 is 4.92 Å². The summed E-state index contributed by atoms with van der Waals surface area (Å²) in [4.78, 5) is 10.5. The van der Waals surface area contributed by atoms with Crippen LogP contribution in [0.3, 0.4) is 0 Å². The molecule has 6 heteroatoms. The molecule has 0 bridgehead atoms. The minimum Gasteiger partial charge on any atom is -0.493 e. The van der Waals surface area contributed by atoms with Gasteiger partial charge in [0.25, 0.3) is 0 Å². The third-order valence-corrected chi connectivity index (χ3v) is 2.43. The molecule has 0 unspecified atom stereocenters. The summed E-state index contributed by atoms with van der Waals surface area (Å²) >= 11 is 0. The number of methoxy groups -OCH3 is 2. The number of hydrogen-bond acceptors (Lipinski definition) is 5. The molecule has 0 radical (unpaired) electrons. The van der Waals surface area contributed by atoms with Crippen molar-refractivity contribution in [3.05, 3.63) is 27.8 Å². The van der Waals surface area contributed by atoms with Crippen LogP contribution in [0.15, 0.2) is 12.1 Å². The molecule has 0 aromatic heterocycles. The molecule has 18 heavy (non-hydrogen) atoms. The van der Waals surface area contributed by atoms with E-state index >= 15 is 0 Å². The summed E-state index contributed by atoms with van der Waals surface area (Å²) < 4.78 is 10.1. The molecular weight excluding hydrogens is 236 g/mol. The van der Waals surface area contributed by atoms with Crippen molar-refractivity contribution in [3.63, 3.8) is 0 Å². The number of nitrogens with one attached hydrogen (secondary N) is 1. The highest BCUT2D eigenvalue weighted by atomic mass is 16.6. The summed E-state index contributed by atoms with van der Waals surface area (Å²) in [7, 11) is 2.85. The van der Waals surface area contributed by atoms with Crippen LogP contribution < -0.4 is 14.8 Å². The van der Waals surface area contributed by atoms with Crippen LogP contribution >= 0.6 is 0 Å². The van der Waals surface area contributed by atoms with Gasteiger partial charge in [-0.25, -0.2) is 0 Å². The lowest BCUT2D eigenvalue weighted by Gasteiger charge is -2.12. The van der Waals surface area contributed by atoms with Gasteiger partial charge in [-0.3, -0.25) is 10.1 Å². The molecule has 0 aliphatic rings. The fourth-order valence-electron chi connectivity index (χ4n) is 1.56. The summed E-state index contributed by atoms with van der Waals surface area (Å²) in [5.41, 5.74) is 0.699. The monoisotopic (exact) mass is 254 g/mol. The predicted molar refractivity (Wildman–Crippen MR) is 68.2 cm³/mol. The second-order valence-electron chi connectivity index (χ2n) is 4.14. The third-order valence-electron chi connectivity index (χ3n) is 2.43. The van der Waals surface area contributed by atoms with Gasteiger partial charge in [0.05, 0.1) is 19.1 Å². The fourth-order valence-corrected chi connectivity index (χ4v) is 1.56. The molecule has 1 aromatic carbocycles. The normalized spacial score (nSPS) is 10.5. The number of benzene rings is 1. The molecule has 1 rings (SSSR count). The van der Waals surface area contributed by atoms with Crippen LogP contribution in [-0.4, -0.2) is 25.2 Å². The maximum atomic E-state index is 11.0. The van der Waals surface area contributed by atoms with E-state index in [1.54, 1.807) is 6.07 Å². The van der Waals surface area contributed by atoms with Gasteiger partial charge in [-0.05, 0) is 11.6 Å². The van der Waals surface area contributed by atoms with E-state index in [-0.39, 0.29) is 11.4 Å². The number of nitro groups is 1. The summed E-state index contributed by atoms with van der Waals surface area (Å²) in [6.45, 7) is 4.56. The molecule has 0 amide bonds. The van der Waals surface area contributed by atoms with Gasteiger partial charge < -0.3 is 14.8 Å². The molecule has 0 aliphatic carbocycles. The van der Waals surface area contributed by atoms with Crippen LogP contribution in [0.1, 0.15) is 19.4 Å². The van der Waals surface area contributed by atoms with Gasteiger partial charge in [0.1, 0.15) is 0 Å². The van der Waals surface area contributed by atoms with Gasteiger partial charge in [-0.1, -0.05) is 13.8 Å². The van der Waals surface area contributed by atoms with Crippen molar-refractivity contribution < 1.29 is 14.4 Å². The first kappa shape index (κ1) is 14.2. The summed E-state index contributed by atoms with van der Waals surface area (Å²) in [6, 6.07) is 3.54. The van der Waals surface area contributed by atoms with Crippen molar-refractivity contribution in [2.75, 3.05) is 14.2 Å². The van der Waals surface area contributed by atoms with E-state index in [0.29, 0.717) is 18.3 Å². The van der Waals surface area contributed by atoms with Crippen LogP contribution in [0, 0.1) is 10.1 Å². The Morgan fingerprint density at radius 3 is 2.44 bits per heavy atom. The highest BCUT2D eigenvalue weighted by Gasteiger charge is 2.21. The van der Waals surface area contributed by atoms with Gasteiger partial charge in [0.15, 0.2) is 5.75 Å². The minimum atomic E-state index is -0.472. The topological polar surface area (TPSA) is 73.6 Å². The quantitative estimate of drug-likeness (QED) is 0.621. The highest BCUT2D eigenvalue weighted by Crippen LogP contribution is 2.37. The number of rotatable bonds is 6. The molecule has 1 N–H and O–H groups in total. The van der Waals surface area contributed by atoms with Crippen molar-refractivity contribution >= 4 is 5.69 Å². The number of nitro benzene ring substituents is 1. The molecule has 1 aromatic rings. The van der Waals surface area contributed by atoms with E-state index in [2.05, 4.69) is 5.32 Å². The van der Waals surface area contributed by atoms with Crippen LogP contribution in [0.2, 0.25) is 0 Å². The second kappa shape index (κ2) is 6.20. The molecule has 0 fully saturated rings. The third kappa shape index (κ3) is 3.33. The van der Waals surface area contributed by atoms with E-state index in [9.17, 15) is 10.1 Å². The Morgan fingerprint density at radius 2 is 2.00 bits per heavy atom. The Morgan fingerprint density at radius 1 is 1.33 bits per heavy atom. The first-order valence-corrected chi connectivity index (χ1v) is 5.62. The van der Waals surface area contributed by atoms with Crippen molar-refractivity contribution in [3.8, 4) is 11.5 Å². The summed E-state index contributed by atoms with van der Waals surface area (Å²) in [5.74, 6) is 0.517. The lowest BCUT2D eigenvalue weighted by molar-refractivity contribution is -0.385. The van der Waals surface area contributed by atoms with Crippen molar-refractivity contribution in [2.24, 2.45) is 0 Å². The Labute approximate surface area is 106 Å². The van der Waals surface area contributed by atoms with Crippen molar-refractivity contribution in [1.82, 2.24) is 5.32 Å². The van der Waals surface area contributed by atoms with Crippen molar-refractivity contribution in [1.29, 1.82) is 0 Å². The van der Waals surface area contributed by atoms with E-state index in [1.807, 2.05) is 13.8 Å². The molecule has 0 atom stereocenters. The predicted octanol–water partition coefficient (Wildman–Crippen LogP) is 2.11. The average Bonchev–Trinajstić information content (AvgIpc) is 2.34. The molecular formula is C12H18N2O4. The van der Waals surface area contributed by atoms with Crippen LogP contribution in [0.4, 0.5) is 5.69 Å². The molecule has 0 saturated heterocycles. The maximum Gasteiger partial charge on any atom is 0.315 e. The van der Waals surface area contributed by atoms with Crippen LogP contribution in [-0.2, 0) is 6.54 Å². The zero-order chi connectivity index (χ0) is 13.7. The maximum absolute atomic E-state index is 11.0. The Bertz CT molecular complexity index is 432. The summed E-state index contributed by atoms with van der Waals surface area (Å²) in [6.07, 6.45) is 0. The first-order chi connectivity index (χ1) is 8.49. The highest BCUT2D eigenvalue weighted by molar-refractivity contribution is 5.58. The smallest absolute Gasteiger partial charge is 0.315 e. The Hall–Kier alpha value is -1.82. The van der Waals surface area contributed by atoms with Gasteiger partial charge >= 0.3 is 5.69 Å². The zero-order valence-electron chi connectivity index (χ0n) is 11.0. The first-order valence-electron chi connectivity index (χ1n) is 5.62. The van der Waals surface area contributed by atoms with Crippen molar-refractivity contribution in [2.45, 2.75) is 26.4 Å². The van der Waals surface area contributed by atoms with Gasteiger partial charge in [-0.15, -0.1) is 0 Å². The van der Waals surface area contributed by atoms with Crippen LogP contribution in [0.5, 0.6) is 11.5 Å². The molecule has 100 valence electrons. The Balaban J connectivity index is 3.14. The van der Waals surface area contributed by atoms with E-state index in [1.165, 1.54) is 20.3 Å². The largest absolute Gasteiger partial charge is 0.493 e. The van der Waals surface area contributed by atoms with Crippen LogP contribution in [0.25, 0.3) is 0 Å². The Kier molecular flexibility index (Phi) is 4.91. The molecule has 6 nitrogen and oxygen atoms in total. The minimum absolute atomic E-state index is 0.0857. The second-order valence-corrected chi connectivity index (χ2v) is 4.14. The number of ether oxygens (including phenoxy) is 2. The fraction of sp³-hybridized carbons (Fsp3) is 0.500. The molecule has 0 heterocycles. The van der Waals surface area contributed by atoms with Gasteiger partial charge in [0.2, 0.25) is 5.75 Å². The van der Waals surface area contributed by atoms with E-state index in [0.717, 1.165) is 5.56 Å².